The van der Waals surface area contributed by atoms with Crippen LogP contribution in [0.4, 0.5) is 0 Å². The van der Waals surface area contributed by atoms with Gasteiger partial charge >= 0.3 is 0 Å². The Labute approximate surface area is 126 Å². The monoisotopic (exact) mass is 286 g/mol. The second-order valence-corrected chi connectivity index (χ2v) is 5.21. The number of hydrogen-bond donors (Lipinski definition) is 1. The minimum Gasteiger partial charge on any atom is -0.496 e. The van der Waals surface area contributed by atoms with Gasteiger partial charge in [-0.2, -0.15) is 0 Å². The Morgan fingerprint density at radius 2 is 1.67 bits per heavy atom. The fourth-order valence-corrected chi connectivity index (χ4v) is 2.73. The molecule has 0 spiro atoms. The summed E-state index contributed by atoms with van der Waals surface area (Å²) in [5, 5.41) is 10.8. The highest BCUT2D eigenvalue weighted by atomic mass is 16.5. The average molecular weight is 286 g/mol. The maximum atomic E-state index is 10.8. The van der Waals surface area contributed by atoms with Gasteiger partial charge in [-0.05, 0) is 36.6 Å². The summed E-state index contributed by atoms with van der Waals surface area (Å²) in [6.07, 6.45) is -1.21. The van der Waals surface area contributed by atoms with Crippen molar-refractivity contribution in [2.75, 3.05) is 14.2 Å². The van der Waals surface area contributed by atoms with Gasteiger partial charge < -0.3 is 14.6 Å². The van der Waals surface area contributed by atoms with Gasteiger partial charge in [-0.3, -0.25) is 0 Å². The molecule has 2 atom stereocenters. The summed E-state index contributed by atoms with van der Waals surface area (Å²) in [6, 6.07) is 13.7. The summed E-state index contributed by atoms with van der Waals surface area (Å²) in [5.74, 6) is 0.693. The molecule has 0 aliphatic carbocycles. The molecular formula is C18H22O3. The van der Waals surface area contributed by atoms with Gasteiger partial charge in [-0.25, -0.2) is 0 Å². The number of aliphatic hydroxyl groups excluding tert-OH is 1. The summed E-state index contributed by atoms with van der Waals surface area (Å²) in [5.41, 5.74) is 3.82. The molecule has 0 aliphatic heterocycles. The van der Waals surface area contributed by atoms with E-state index in [1.165, 1.54) is 0 Å². The zero-order valence-corrected chi connectivity index (χ0v) is 13.0. The van der Waals surface area contributed by atoms with Gasteiger partial charge in [0.05, 0.1) is 7.11 Å². The second kappa shape index (κ2) is 6.74. The highest BCUT2D eigenvalue weighted by Crippen LogP contribution is 2.38. The van der Waals surface area contributed by atoms with Crippen LogP contribution in [0.1, 0.15) is 34.5 Å². The first-order valence-electron chi connectivity index (χ1n) is 6.99. The summed E-state index contributed by atoms with van der Waals surface area (Å²) in [6.45, 7) is 3.99. The van der Waals surface area contributed by atoms with Gasteiger partial charge in [0, 0.05) is 12.7 Å². The van der Waals surface area contributed by atoms with Gasteiger partial charge in [0.2, 0.25) is 0 Å². The largest absolute Gasteiger partial charge is 0.496 e. The highest BCUT2D eigenvalue weighted by molar-refractivity contribution is 5.45. The van der Waals surface area contributed by atoms with Gasteiger partial charge in [0.1, 0.15) is 18.0 Å². The second-order valence-electron chi connectivity index (χ2n) is 5.21. The molecule has 0 saturated carbocycles. The lowest BCUT2D eigenvalue weighted by Gasteiger charge is -2.25. The molecule has 0 heterocycles. The van der Waals surface area contributed by atoms with Crippen molar-refractivity contribution in [3.05, 3.63) is 64.7 Å². The van der Waals surface area contributed by atoms with Gasteiger partial charge in [0.25, 0.3) is 0 Å². The highest BCUT2D eigenvalue weighted by Gasteiger charge is 2.26. The van der Waals surface area contributed by atoms with Crippen LogP contribution in [0, 0.1) is 13.8 Å². The molecule has 0 fully saturated rings. The standard InChI is InChI=1S/C18H22O3/c1-12-10-13(2)16(15(11-12)20-3)17(19)18(21-4)14-8-6-5-7-9-14/h5-11,17-19H,1-4H3. The molecule has 0 amide bonds. The minimum absolute atomic E-state index is 0.429. The van der Waals surface area contributed by atoms with Crippen molar-refractivity contribution in [2.24, 2.45) is 0 Å². The van der Waals surface area contributed by atoms with Crippen LogP contribution in [-0.2, 0) is 4.74 Å². The molecular weight excluding hydrogens is 264 g/mol. The number of hydrogen-bond acceptors (Lipinski definition) is 3. The average Bonchev–Trinajstić information content (AvgIpc) is 2.48. The first kappa shape index (κ1) is 15.5. The normalized spacial score (nSPS) is 13.8. The Morgan fingerprint density at radius 3 is 2.24 bits per heavy atom. The number of aryl methyl sites for hydroxylation is 2. The number of aliphatic hydroxyl groups is 1. The molecule has 2 aromatic rings. The summed E-state index contributed by atoms with van der Waals surface area (Å²) >= 11 is 0. The maximum absolute atomic E-state index is 10.8. The van der Waals surface area contributed by atoms with Crippen molar-refractivity contribution in [2.45, 2.75) is 26.1 Å². The van der Waals surface area contributed by atoms with Gasteiger partial charge in [0.15, 0.2) is 0 Å². The van der Waals surface area contributed by atoms with Gasteiger partial charge in [-0.1, -0.05) is 36.4 Å². The third-order valence-electron chi connectivity index (χ3n) is 3.68. The zero-order valence-electron chi connectivity index (χ0n) is 13.0. The molecule has 3 heteroatoms. The third-order valence-corrected chi connectivity index (χ3v) is 3.68. The quantitative estimate of drug-likeness (QED) is 0.910. The number of methoxy groups -OCH3 is 2. The van der Waals surface area contributed by atoms with Crippen LogP contribution in [0.2, 0.25) is 0 Å². The third kappa shape index (κ3) is 3.26. The molecule has 112 valence electrons. The summed E-state index contributed by atoms with van der Waals surface area (Å²) < 4.78 is 11.0. The Morgan fingerprint density at radius 1 is 1.00 bits per heavy atom. The molecule has 0 aromatic heterocycles. The molecule has 21 heavy (non-hydrogen) atoms. The van der Waals surface area contributed by atoms with Crippen molar-refractivity contribution >= 4 is 0 Å². The van der Waals surface area contributed by atoms with E-state index in [0.29, 0.717) is 5.75 Å². The van der Waals surface area contributed by atoms with Crippen LogP contribution in [0.25, 0.3) is 0 Å². The van der Waals surface area contributed by atoms with E-state index in [4.69, 9.17) is 9.47 Å². The predicted octanol–water partition coefficient (Wildman–Crippen LogP) is 3.73. The molecule has 0 radical (unpaired) electrons. The molecule has 2 aromatic carbocycles. The van der Waals surface area contributed by atoms with Crippen molar-refractivity contribution in [1.29, 1.82) is 0 Å². The van der Waals surface area contributed by atoms with Crippen LogP contribution < -0.4 is 4.74 Å². The fraction of sp³-hybridized carbons (Fsp3) is 0.333. The van der Waals surface area contributed by atoms with Crippen LogP contribution >= 0.6 is 0 Å². The van der Waals surface area contributed by atoms with Gasteiger partial charge in [-0.15, -0.1) is 0 Å². The van der Waals surface area contributed by atoms with Crippen molar-refractivity contribution in [3.8, 4) is 5.75 Å². The lowest BCUT2D eigenvalue weighted by molar-refractivity contribution is -0.0162. The van der Waals surface area contributed by atoms with E-state index in [1.54, 1.807) is 14.2 Å². The van der Waals surface area contributed by atoms with E-state index in [9.17, 15) is 5.11 Å². The van der Waals surface area contributed by atoms with E-state index in [2.05, 4.69) is 0 Å². The van der Waals surface area contributed by atoms with Crippen LogP contribution in [0.5, 0.6) is 5.75 Å². The molecule has 2 unspecified atom stereocenters. The van der Waals surface area contributed by atoms with Crippen molar-refractivity contribution in [3.63, 3.8) is 0 Å². The summed E-state index contributed by atoms with van der Waals surface area (Å²) in [4.78, 5) is 0. The Balaban J connectivity index is 2.45. The SMILES string of the molecule is COc1cc(C)cc(C)c1C(O)C(OC)c1ccccc1. The topological polar surface area (TPSA) is 38.7 Å². The van der Waals surface area contributed by atoms with Crippen molar-refractivity contribution in [1.82, 2.24) is 0 Å². The first-order valence-corrected chi connectivity index (χ1v) is 6.99. The van der Waals surface area contributed by atoms with E-state index in [-0.39, 0.29) is 0 Å². The minimum atomic E-state index is -0.784. The van der Waals surface area contributed by atoms with E-state index in [0.717, 1.165) is 22.3 Å². The van der Waals surface area contributed by atoms with Crippen molar-refractivity contribution < 1.29 is 14.6 Å². The van der Waals surface area contributed by atoms with Crippen LogP contribution in [0.3, 0.4) is 0 Å². The molecule has 0 saturated heterocycles. The Hall–Kier alpha value is -1.84. The lowest BCUT2D eigenvalue weighted by Crippen LogP contribution is -2.15. The van der Waals surface area contributed by atoms with Crippen LogP contribution in [0.15, 0.2) is 42.5 Å². The van der Waals surface area contributed by atoms with E-state index >= 15 is 0 Å². The smallest absolute Gasteiger partial charge is 0.125 e. The Kier molecular flexibility index (Phi) is 4.99. The number of ether oxygens (including phenoxy) is 2. The number of rotatable bonds is 5. The van der Waals surface area contributed by atoms with E-state index < -0.39 is 12.2 Å². The molecule has 1 N–H and O–H groups in total. The molecule has 0 bridgehead atoms. The Bertz CT molecular complexity index is 593. The molecule has 0 aliphatic rings. The zero-order chi connectivity index (χ0) is 15.4. The molecule has 2 rings (SSSR count). The summed E-state index contributed by atoms with van der Waals surface area (Å²) in [7, 11) is 3.23. The predicted molar refractivity (Wildman–Crippen MR) is 83.6 cm³/mol. The maximum Gasteiger partial charge on any atom is 0.125 e. The lowest BCUT2D eigenvalue weighted by atomic mass is 9.93. The van der Waals surface area contributed by atoms with E-state index in [1.807, 2.05) is 56.3 Å². The van der Waals surface area contributed by atoms with Crippen LogP contribution in [-0.4, -0.2) is 19.3 Å². The first-order chi connectivity index (χ1) is 10.1. The molecule has 3 nitrogen and oxygen atoms in total. The number of benzene rings is 2. The fourth-order valence-electron chi connectivity index (χ4n) is 2.73.